The lowest BCUT2D eigenvalue weighted by atomic mass is 10.1. The number of hydrogen-bond donors (Lipinski definition) is 0. The van der Waals surface area contributed by atoms with Crippen LogP contribution in [0.15, 0.2) is 109 Å². The van der Waals surface area contributed by atoms with Gasteiger partial charge in [-0.3, -0.25) is 0 Å². The first-order valence-electron chi connectivity index (χ1n) is 10.8. The Morgan fingerprint density at radius 3 is 1.50 bits per heavy atom. The second kappa shape index (κ2) is 9.90. The smallest absolute Gasteiger partial charge is 0.161 e. The van der Waals surface area contributed by atoms with Gasteiger partial charge in [0.1, 0.15) is 42.0 Å². The third-order valence-corrected chi connectivity index (χ3v) is 10.9. The van der Waals surface area contributed by atoms with Gasteiger partial charge in [0.15, 0.2) is 11.5 Å². The Morgan fingerprint density at radius 2 is 1.03 bits per heavy atom. The van der Waals surface area contributed by atoms with E-state index in [9.17, 15) is 0 Å². The first-order valence-corrected chi connectivity index (χ1v) is 12.6. The quantitative estimate of drug-likeness (QED) is 0.305. The SMILES string of the molecule is Br.CC(c1ccc2c(c1)OCCO2)[P+](c1ccccc1)(c1ccccc1)c1ccccc1. The van der Waals surface area contributed by atoms with E-state index in [1.165, 1.54) is 21.5 Å². The van der Waals surface area contributed by atoms with Gasteiger partial charge in [-0.05, 0) is 61.0 Å². The van der Waals surface area contributed by atoms with Crippen molar-refractivity contribution in [2.24, 2.45) is 0 Å². The summed E-state index contributed by atoms with van der Waals surface area (Å²) in [7, 11) is -2.00. The van der Waals surface area contributed by atoms with E-state index in [1.54, 1.807) is 0 Å². The van der Waals surface area contributed by atoms with Crippen LogP contribution in [-0.4, -0.2) is 13.2 Å². The van der Waals surface area contributed by atoms with Crippen LogP contribution in [0.1, 0.15) is 18.1 Å². The summed E-state index contributed by atoms with van der Waals surface area (Å²) in [5.41, 5.74) is 1.53. The monoisotopic (exact) mass is 505 g/mol. The highest BCUT2D eigenvalue weighted by atomic mass is 79.9. The molecule has 0 radical (unpaired) electrons. The molecule has 0 aromatic heterocycles. The van der Waals surface area contributed by atoms with E-state index in [4.69, 9.17) is 9.47 Å². The number of benzene rings is 4. The number of ether oxygens (including phenoxy) is 2. The second-order valence-electron chi connectivity index (χ2n) is 7.81. The molecule has 0 bridgehead atoms. The molecule has 0 saturated heterocycles. The Hall–Kier alpha value is -2.61. The summed E-state index contributed by atoms with van der Waals surface area (Å²) in [4.78, 5) is 0. The van der Waals surface area contributed by atoms with Crippen molar-refractivity contribution < 1.29 is 9.47 Å². The van der Waals surface area contributed by atoms with Crippen LogP contribution < -0.4 is 25.4 Å². The van der Waals surface area contributed by atoms with Crippen LogP contribution in [0.5, 0.6) is 11.5 Å². The molecule has 162 valence electrons. The minimum Gasteiger partial charge on any atom is -0.486 e. The maximum Gasteiger partial charge on any atom is 0.161 e. The van der Waals surface area contributed by atoms with E-state index < -0.39 is 7.26 Å². The molecule has 0 amide bonds. The zero-order chi connectivity index (χ0) is 21.1. The number of rotatable bonds is 5. The Bertz CT molecular complexity index is 1050. The van der Waals surface area contributed by atoms with Crippen molar-refractivity contribution in [1.82, 2.24) is 0 Å². The second-order valence-corrected chi connectivity index (χ2v) is 11.6. The average Bonchev–Trinajstić information content (AvgIpc) is 2.86. The highest BCUT2D eigenvalue weighted by Crippen LogP contribution is 2.66. The average molecular weight is 506 g/mol. The van der Waals surface area contributed by atoms with Crippen LogP contribution in [0.3, 0.4) is 0 Å². The van der Waals surface area contributed by atoms with Gasteiger partial charge in [0.2, 0.25) is 0 Å². The molecule has 1 unspecified atom stereocenters. The highest BCUT2D eigenvalue weighted by molar-refractivity contribution is 8.93. The number of fused-ring (bicyclic) bond motifs is 1. The summed E-state index contributed by atoms with van der Waals surface area (Å²) in [6.07, 6.45) is 0. The number of hydrogen-bond acceptors (Lipinski definition) is 2. The van der Waals surface area contributed by atoms with Gasteiger partial charge in [-0.2, -0.15) is 0 Å². The minimum atomic E-state index is -2.00. The predicted octanol–water partition coefficient (Wildman–Crippen LogP) is 6.09. The predicted molar refractivity (Wildman–Crippen MR) is 141 cm³/mol. The lowest BCUT2D eigenvalue weighted by molar-refractivity contribution is 0.171. The molecule has 4 aromatic carbocycles. The minimum absolute atomic E-state index is 0. The van der Waals surface area contributed by atoms with Gasteiger partial charge in [0.25, 0.3) is 0 Å². The molecule has 0 aliphatic carbocycles. The van der Waals surface area contributed by atoms with Gasteiger partial charge in [-0.1, -0.05) is 60.7 Å². The van der Waals surface area contributed by atoms with Crippen molar-refractivity contribution in [2.75, 3.05) is 13.2 Å². The van der Waals surface area contributed by atoms with Crippen molar-refractivity contribution in [1.29, 1.82) is 0 Å². The molecule has 4 aromatic rings. The molecule has 0 N–H and O–H groups in total. The molecule has 1 aliphatic heterocycles. The highest BCUT2D eigenvalue weighted by Gasteiger charge is 2.51. The Kier molecular flexibility index (Phi) is 6.98. The molecule has 0 fully saturated rings. The van der Waals surface area contributed by atoms with Crippen molar-refractivity contribution in [3.63, 3.8) is 0 Å². The van der Waals surface area contributed by atoms with Crippen LogP contribution in [-0.2, 0) is 0 Å². The van der Waals surface area contributed by atoms with Gasteiger partial charge in [0.05, 0.1) is 0 Å². The van der Waals surface area contributed by atoms with Crippen LogP contribution in [0, 0.1) is 0 Å². The Balaban J connectivity index is 0.00000245. The van der Waals surface area contributed by atoms with Crippen molar-refractivity contribution >= 4 is 40.2 Å². The largest absolute Gasteiger partial charge is 0.486 e. The summed E-state index contributed by atoms with van der Waals surface area (Å²) < 4.78 is 11.7. The van der Waals surface area contributed by atoms with Gasteiger partial charge in [-0.25, -0.2) is 0 Å². The third-order valence-electron chi connectivity index (χ3n) is 6.12. The van der Waals surface area contributed by atoms with Crippen molar-refractivity contribution in [3.8, 4) is 11.5 Å². The van der Waals surface area contributed by atoms with Crippen LogP contribution >= 0.6 is 24.2 Å². The first kappa shape index (κ1) is 22.6. The van der Waals surface area contributed by atoms with E-state index in [2.05, 4.69) is 116 Å². The van der Waals surface area contributed by atoms with Gasteiger partial charge in [0, 0.05) is 0 Å². The standard InChI is InChI=1S/C28H26O2P.BrH/c1-22(23-17-18-27-28(21-23)30-20-19-29-27)31(24-11-5-2-6-12-24,25-13-7-3-8-14-25)26-15-9-4-10-16-26;/h2-18,21-22H,19-20H2,1H3;1H/q+1;. The van der Waals surface area contributed by atoms with E-state index in [0.29, 0.717) is 13.2 Å². The van der Waals surface area contributed by atoms with E-state index in [1.807, 2.05) is 0 Å². The first-order chi connectivity index (χ1) is 15.3. The zero-order valence-corrected chi connectivity index (χ0v) is 20.7. The van der Waals surface area contributed by atoms with Crippen molar-refractivity contribution in [2.45, 2.75) is 12.6 Å². The van der Waals surface area contributed by atoms with Gasteiger partial charge < -0.3 is 9.47 Å². The molecule has 4 heteroatoms. The molecule has 1 atom stereocenters. The zero-order valence-electron chi connectivity index (χ0n) is 18.1. The van der Waals surface area contributed by atoms with Crippen molar-refractivity contribution in [3.05, 3.63) is 115 Å². The topological polar surface area (TPSA) is 18.5 Å². The summed E-state index contributed by atoms with van der Waals surface area (Å²) in [5.74, 6) is 1.69. The Labute approximate surface area is 201 Å². The fraction of sp³-hybridized carbons (Fsp3) is 0.143. The summed E-state index contributed by atoms with van der Waals surface area (Å²) >= 11 is 0. The fourth-order valence-electron chi connectivity index (χ4n) is 4.65. The maximum absolute atomic E-state index is 5.93. The molecule has 1 heterocycles. The molecule has 2 nitrogen and oxygen atoms in total. The number of halogens is 1. The molecular formula is C28H27BrO2P+. The molecule has 5 rings (SSSR count). The Morgan fingerprint density at radius 1 is 0.594 bits per heavy atom. The lowest BCUT2D eigenvalue weighted by Gasteiger charge is -2.33. The molecular weight excluding hydrogens is 479 g/mol. The van der Waals surface area contributed by atoms with Gasteiger partial charge in [-0.15, -0.1) is 17.0 Å². The van der Waals surface area contributed by atoms with Crippen LogP contribution in [0.4, 0.5) is 0 Å². The van der Waals surface area contributed by atoms with Crippen LogP contribution in [0.2, 0.25) is 0 Å². The lowest BCUT2D eigenvalue weighted by Crippen LogP contribution is -2.34. The molecule has 0 spiro atoms. The summed E-state index contributed by atoms with van der Waals surface area (Å²) in [6.45, 7) is 3.57. The van der Waals surface area contributed by atoms with Gasteiger partial charge >= 0.3 is 0 Å². The van der Waals surface area contributed by atoms with E-state index >= 15 is 0 Å². The van der Waals surface area contributed by atoms with E-state index in [0.717, 1.165) is 11.5 Å². The summed E-state index contributed by atoms with van der Waals surface area (Å²) in [5, 5.41) is 4.15. The normalized spacial score (nSPS) is 13.7. The molecule has 1 aliphatic rings. The maximum atomic E-state index is 5.93. The fourth-order valence-corrected chi connectivity index (χ4v) is 9.42. The van der Waals surface area contributed by atoms with E-state index in [-0.39, 0.29) is 22.6 Å². The molecule has 0 saturated carbocycles. The van der Waals surface area contributed by atoms with Crippen LogP contribution in [0.25, 0.3) is 0 Å². The summed E-state index contributed by atoms with van der Waals surface area (Å²) in [6, 6.07) is 39.5. The third kappa shape index (κ3) is 3.96. The molecule has 32 heavy (non-hydrogen) atoms.